The number of hydrogen-bond acceptors (Lipinski definition) is 3. The number of nitrogens with zero attached hydrogens (tertiary/aromatic N) is 1. The van der Waals surface area contributed by atoms with Crippen molar-refractivity contribution >= 4 is 0 Å². The number of rotatable bonds is 8. The SMILES string of the molecule is CCN(C)C(C)(CN)CCc1ccc(OC(F)F)cc1. The number of alkyl halides is 2. The van der Waals surface area contributed by atoms with Crippen molar-refractivity contribution in [3.8, 4) is 5.75 Å². The lowest BCUT2D eigenvalue weighted by atomic mass is 9.91. The maximum Gasteiger partial charge on any atom is 0.387 e. The summed E-state index contributed by atoms with van der Waals surface area (Å²) < 4.78 is 28.4. The zero-order valence-corrected chi connectivity index (χ0v) is 12.4. The average molecular weight is 286 g/mol. The molecule has 0 amide bonds. The molecule has 1 aromatic carbocycles. The molecule has 20 heavy (non-hydrogen) atoms. The maximum absolute atomic E-state index is 12.1. The highest BCUT2D eigenvalue weighted by Crippen LogP contribution is 2.21. The van der Waals surface area contributed by atoms with Gasteiger partial charge in [-0.2, -0.15) is 8.78 Å². The molecule has 1 atom stereocenters. The van der Waals surface area contributed by atoms with Gasteiger partial charge >= 0.3 is 6.61 Å². The van der Waals surface area contributed by atoms with Crippen LogP contribution in [0.1, 0.15) is 25.8 Å². The Kier molecular flexibility index (Phi) is 6.36. The summed E-state index contributed by atoms with van der Waals surface area (Å²) >= 11 is 0. The molecule has 1 unspecified atom stereocenters. The Hall–Kier alpha value is -1.20. The Morgan fingerprint density at radius 1 is 1.30 bits per heavy atom. The number of likely N-dealkylation sites (N-methyl/N-ethyl adjacent to an activating group) is 1. The second kappa shape index (κ2) is 7.55. The Morgan fingerprint density at radius 2 is 1.90 bits per heavy atom. The van der Waals surface area contributed by atoms with Crippen LogP contribution < -0.4 is 10.5 Å². The fourth-order valence-corrected chi connectivity index (χ4v) is 2.08. The van der Waals surface area contributed by atoms with Gasteiger partial charge in [-0.1, -0.05) is 19.1 Å². The second-order valence-electron chi connectivity index (χ2n) is 5.24. The highest BCUT2D eigenvalue weighted by atomic mass is 19.3. The fourth-order valence-electron chi connectivity index (χ4n) is 2.08. The van der Waals surface area contributed by atoms with Crippen molar-refractivity contribution in [2.75, 3.05) is 20.1 Å². The Bertz CT molecular complexity index is 397. The van der Waals surface area contributed by atoms with Gasteiger partial charge in [0, 0.05) is 12.1 Å². The minimum absolute atomic E-state index is 0.0487. The van der Waals surface area contributed by atoms with E-state index in [0.717, 1.165) is 24.9 Å². The maximum atomic E-state index is 12.1. The molecule has 0 spiro atoms. The molecule has 0 fully saturated rings. The number of nitrogens with two attached hydrogens (primary N) is 1. The highest BCUT2D eigenvalue weighted by molar-refractivity contribution is 5.27. The molecule has 0 aromatic heterocycles. The van der Waals surface area contributed by atoms with Gasteiger partial charge in [0.25, 0.3) is 0 Å². The van der Waals surface area contributed by atoms with Gasteiger partial charge in [-0.05, 0) is 51.1 Å². The topological polar surface area (TPSA) is 38.5 Å². The predicted molar refractivity (Wildman–Crippen MR) is 77.2 cm³/mol. The van der Waals surface area contributed by atoms with E-state index in [1.807, 2.05) is 12.1 Å². The number of hydrogen-bond donors (Lipinski definition) is 1. The van der Waals surface area contributed by atoms with Gasteiger partial charge < -0.3 is 10.5 Å². The predicted octanol–water partition coefficient (Wildman–Crippen LogP) is 2.89. The summed E-state index contributed by atoms with van der Waals surface area (Å²) in [5, 5.41) is 0. The van der Waals surface area contributed by atoms with E-state index in [4.69, 9.17) is 5.73 Å². The molecule has 0 bridgehead atoms. The van der Waals surface area contributed by atoms with Crippen molar-refractivity contribution < 1.29 is 13.5 Å². The molecule has 3 nitrogen and oxygen atoms in total. The first-order valence-electron chi connectivity index (χ1n) is 6.86. The smallest absolute Gasteiger partial charge is 0.387 e. The van der Waals surface area contributed by atoms with Crippen LogP contribution in [0.25, 0.3) is 0 Å². The molecule has 1 aromatic rings. The zero-order chi connectivity index (χ0) is 15.2. The molecule has 0 heterocycles. The summed E-state index contributed by atoms with van der Waals surface area (Å²) in [6.07, 6.45) is 1.77. The molecule has 0 aliphatic carbocycles. The summed E-state index contributed by atoms with van der Waals surface area (Å²) in [6.45, 7) is 2.99. The molecule has 1 rings (SSSR count). The third-order valence-corrected chi connectivity index (χ3v) is 3.94. The molecule has 0 saturated carbocycles. The first-order chi connectivity index (χ1) is 9.41. The molecule has 0 aliphatic rings. The van der Waals surface area contributed by atoms with Crippen molar-refractivity contribution in [1.82, 2.24) is 4.90 Å². The van der Waals surface area contributed by atoms with Crippen LogP contribution in [0.5, 0.6) is 5.75 Å². The second-order valence-corrected chi connectivity index (χ2v) is 5.24. The zero-order valence-electron chi connectivity index (χ0n) is 12.4. The van der Waals surface area contributed by atoms with Gasteiger partial charge in [0.2, 0.25) is 0 Å². The van der Waals surface area contributed by atoms with Crippen molar-refractivity contribution in [2.24, 2.45) is 5.73 Å². The van der Waals surface area contributed by atoms with Crippen molar-refractivity contribution in [1.29, 1.82) is 0 Å². The van der Waals surface area contributed by atoms with E-state index in [0.29, 0.717) is 6.54 Å². The Labute approximate surface area is 119 Å². The van der Waals surface area contributed by atoms with Gasteiger partial charge in [-0.3, -0.25) is 4.90 Å². The van der Waals surface area contributed by atoms with E-state index >= 15 is 0 Å². The van der Waals surface area contributed by atoms with E-state index in [1.165, 1.54) is 0 Å². The average Bonchev–Trinajstić information content (AvgIpc) is 2.44. The molecule has 5 heteroatoms. The van der Waals surface area contributed by atoms with E-state index < -0.39 is 6.61 Å². The third-order valence-electron chi connectivity index (χ3n) is 3.94. The highest BCUT2D eigenvalue weighted by Gasteiger charge is 2.26. The summed E-state index contributed by atoms with van der Waals surface area (Å²) in [6, 6.07) is 6.79. The lowest BCUT2D eigenvalue weighted by Gasteiger charge is -2.37. The van der Waals surface area contributed by atoms with Gasteiger partial charge in [0.15, 0.2) is 0 Å². The first kappa shape index (κ1) is 16.9. The first-order valence-corrected chi connectivity index (χ1v) is 6.86. The van der Waals surface area contributed by atoms with Crippen LogP contribution >= 0.6 is 0 Å². The summed E-state index contributed by atoms with van der Waals surface area (Å²) in [5.41, 5.74) is 6.93. The van der Waals surface area contributed by atoms with Gasteiger partial charge in [0.05, 0.1) is 0 Å². The number of halogens is 2. The van der Waals surface area contributed by atoms with Crippen LogP contribution in [0, 0.1) is 0 Å². The molecule has 114 valence electrons. The number of ether oxygens (including phenoxy) is 1. The third kappa shape index (κ3) is 4.72. The fraction of sp³-hybridized carbons (Fsp3) is 0.600. The van der Waals surface area contributed by atoms with E-state index in [9.17, 15) is 8.78 Å². The molecular formula is C15H24F2N2O. The van der Waals surface area contributed by atoms with Crippen molar-refractivity contribution in [3.05, 3.63) is 29.8 Å². The lowest BCUT2D eigenvalue weighted by Crippen LogP contribution is -2.49. The molecule has 0 aliphatic heterocycles. The van der Waals surface area contributed by atoms with Gasteiger partial charge in [0.1, 0.15) is 5.75 Å². The van der Waals surface area contributed by atoms with E-state index in [-0.39, 0.29) is 11.3 Å². The van der Waals surface area contributed by atoms with Crippen LogP contribution in [0.4, 0.5) is 8.78 Å². The van der Waals surface area contributed by atoms with Crippen LogP contribution in [-0.2, 0) is 6.42 Å². The van der Waals surface area contributed by atoms with Crippen LogP contribution in [0.3, 0.4) is 0 Å². The van der Waals surface area contributed by atoms with Crippen LogP contribution in [-0.4, -0.2) is 37.2 Å². The van der Waals surface area contributed by atoms with Crippen LogP contribution in [0.2, 0.25) is 0 Å². The van der Waals surface area contributed by atoms with Crippen molar-refractivity contribution in [2.45, 2.75) is 38.8 Å². The number of aryl methyl sites for hydroxylation is 1. The monoisotopic (exact) mass is 286 g/mol. The van der Waals surface area contributed by atoms with Gasteiger partial charge in [-0.15, -0.1) is 0 Å². The van der Waals surface area contributed by atoms with Gasteiger partial charge in [-0.25, -0.2) is 0 Å². The summed E-state index contributed by atoms with van der Waals surface area (Å²) in [7, 11) is 2.06. The standard InChI is InChI=1S/C15H24F2N2O/c1-4-19(3)15(2,11-18)10-9-12-5-7-13(8-6-12)20-14(16)17/h5-8,14H,4,9-11,18H2,1-3H3. The molecule has 0 radical (unpaired) electrons. The van der Waals surface area contributed by atoms with Crippen LogP contribution in [0.15, 0.2) is 24.3 Å². The molecular weight excluding hydrogens is 262 g/mol. The van der Waals surface area contributed by atoms with Crippen molar-refractivity contribution in [3.63, 3.8) is 0 Å². The van der Waals surface area contributed by atoms with E-state index in [2.05, 4.69) is 30.5 Å². The lowest BCUT2D eigenvalue weighted by molar-refractivity contribution is -0.0498. The Morgan fingerprint density at radius 3 is 2.35 bits per heavy atom. The Balaban J connectivity index is 2.60. The largest absolute Gasteiger partial charge is 0.435 e. The normalized spacial score (nSPS) is 14.6. The summed E-state index contributed by atoms with van der Waals surface area (Å²) in [5.74, 6) is 0.191. The number of benzene rings is 1. The molecule has 0 saturated heterocycles. The summed E-state index contributed by atoms with van der Waals surface area (Å²) in [4.78, 5) is 2.24. The minimum atomic E-state index is -2.78. The van der Waals surface area contributed by atoms with E-state index in [1.54, 1.807) is 12.1 Å². The molecule has 2 N–H and O–H groups in total. The minimum Gasteiger partial charge on any atom is -0.435 e. The quantitative estimate of drug-likeness (QED) is 0.798.